The average Bonchev–Trinajstić information content (AvgIpc) is 2.82. The first-order chi connectivity index (χ1) is 16.4. The van der Waals surface area contributed by atoms with Gasteiger partial charge in [-0.05, 0) is 42.8 Å². The topological polar surface area (TPSA) is 59.7 Å². The van der Waals surface area contributed by atoms with Crippen molar-refractivity contribution in [3.63, 3.8) is 0 Å². The summed E-state index contributed by atoms with van der Waals surface area (Å²) in [6, 6.07) is 19.7. The number of aryl methyl sites for hydroxylation is 2. The number of hydrogen-bond acceptors (Lipinski definition) is 5. The summed E-state index contributed by atoms with van der Waals surface area (Å²) < 4.78 is 8.40. The van der Waals surface area contributed by atoms with Crippen LogP contribution in [0.1, 0.15) is 29.4 Å². The molecule has 3 aromatic carbocycles. The van der Waals surface area contributed by atoms with E-state index in [-0.39, 0.29) is 5.56 Å². The predicted octanol–water partition coefficient (Wildman–Crippen LogP) is 5.56. The molecule has 0 unspecified atom stereocenters. The molecular formula is C27H27BrN4O2. The molecule has 0 aliphatic carbocycles. The number of aromatic nitrogens is 2. The van der Waals surface area contributed by atoms with Crippen LogP contribution < -0.4 is 15.2 Å². The molecule has 1 aromatic heterocycles. The Bertz CT molecular complexity index is 1430. The lowest BCUT2D eigenvalue weighted by Gasteiger charge is -2.16. The summed E-state index contributed by atoms with van der Waals surface area (Å²) in [5, 5.41) is 5.05. The molecule has 1 heterocycles. The van der Waals surface area contributed by atoms with Crippen LogP contribution in [0.25, 0.3) is 10.9 Å². The minimum Gasteiger partial charge on any atom is -0.488 e. The summed E-state index contributed by atoms with van der Waals surface area (Å²) in [5.74, 6) is 1.29. The van der Waals surface area contributed by atoms with E-state index in [1.54, 1.807) is 12.3 Å². The molecule has 0 saturated carbocycles. The Morgan fingerprint density at radius 1 is 1.12 bits per heavy atom. The monoisotopic (exact) mass is 518 g/mol. The fourth-order valence-corrected chi connectivity index (χ4v) is 4.02. The van der Waals surface area contributed by atoms with Crippen molar-refractivity contribution >= 4 is 38.7 Å². The number of hydrogen-bond donors (Lipinski definition) is 0. The number of anilines is 1. The van der Waals surface area contributed by atoms with E-state index >= 15 is 0 Å². The minimum atomic E-state index is -0.202. The van der Waals surface area contributed by atoms with Gasteiger partial charge in [0.15, 0.2) is 0 Å². The van der Waals surface area contributed by atoms with E-state index in [2.05, 4.69) is 45.1 Å². The van der Waals surface area contributed by atoms with Crippen LogP contribution in [0, 0.1) is 6.92 Å². The van der Waals surface area contributed by atoms with Crippen LogP contribution in [0.5, 0.6) is 5.75 Å². The lowest BCUT2D eigenvalue weighted by molar-refractivity contribution is 0.306. The van der Waals surface area contributed by atoms with Gasteiger partial charge >= 0.3 is 0 Å². The Kier molecular flexibility index (Phi) is 7.12. The van der Waals surface area contributed by atoms with E-state index in [9.17, 15) is 4.79 Å². The molecule has 0 aliphatic rings. The minimum absolute atomic E-state index is 0.202. The molecule has 7 heteroatoms. The van der Waals surface area contributed by atoms with Crippen LogP contribution >= 0.6 is 15.9 Å². The second-order valence-electron chi connectivity index (χ2n) is 8.30. The van der Waals surface area contributed by atoms with Gasteiger partial charge in [-0.15, -0.1) is 0 Å². The molecule has 0 aliphatic heterocycles. The molecule has 0 fully saturated rings. The van der Waals surface area contributed by atoms with Gasteiger partial charge in [0, 0.05) is 42.3 Å². The van der Waals surface area contributed by atoms with Crippen molar-refractivity contribution in [2.75, 3.05) is 19.0 Å². The Hall–Kier alpha value is -3.45. The lowest BCUT2D eigenvalue weighted by atomic mass is 10.1. The van der Waals surface area contributed by atoms with Crippen molar-refractivity contribution in [3.05, 3.63) is 98.0 Å². The highest BCUT2D eigenvalue weighted by molar-refractivity contribution is 9.10. The number of benzene rings is 3. The lowest BCUT2D eigenvalue weighted by Crippen LogP contribution is -2.22. The largest absolute Gasteiger partial charge is 0.488 e. The maximum Gasteiger partial charge on any atom is 0.282 e. The molecule has 4 rings (SSSR count). The van der Waals surface area contributed by atoms with Crippen LogP contribution in [0.2, 0.25) is 0 Å². The van der Waals surface area contributed by atoms with Crippen molar-refractivity contribution in [1.29, 1.82) is 0 Å². The van der Waals surface area contributed by atoms with Gasteiger partial charge in [-0.3, -0.25) is 4.79 Å². The summed E-state index contributed by atoms with van der Waals surface area (Å²) in [7, 11) is 3.97. The summed E-state index contributed by atoms with van der Waals surface area (Å²) >= 11 is 3.44. The van der Waals surface area contributed by atoms with Crippen molar-refractivity contribution < 1.29 is 4.74 Å². The van der Waals surface area contributed by atoms with Crippen molar-refractivity contribution in [1.82, 2.24) is 9.66 Å². The smallest absolute Gasteiger partial charge is 0.282 e. The molecule has 0 saturated heterocycles. The van der Waals surface area contributed by atoms with Gasteiger partial charge in [0.05, 0.1) is 17.1 Å². The second-order valence-corrected chi connectivity index (χ2v) is 9.21. The molecule has 174 valence electrons. The van der Waals surface area contributed by atoms with E-state index < -0.39 is 0 Å². The van der Waals surface area contributed by atoms with Gasteiger partial charge in [0.1, 0.15) is 18.2 Å². The second kappa shape index (κ2) is 10.2. The first-order valence-corrected chi connectivity index (χ1v) is 11.9. The normalized spacial score (nSPS) is 11.3. The average molecular weight is 519 g/mol. The van der Waals surface area contributed by atoms with E-state index in [0.717, 1.165) is 21.3 Å². The number of fused-ring (bicyclic) bond motifs is 1. The highest BCUT2D eigenvalue weighted by Gasteiger charge is 2.11. The maximum atomic E-state index is 13.2. The van der Waals surface area contributed by atoms with E-state index in [1.807, 2.05) is 68.4 Å². The SMILES string of the molecule is CCc1nc2ccc(Br)cc2c(=O)n1N=Cc1ccc(N(C)C)cc1OCc1cccc(C)c1. The molecular weight excluding hydrogens is 492 g/mol. The quantitative estimate of drug-likeness (QED) is 0.300. The first kappa shape index (κ1) is 23.7. The first-order valence-electron chi connectivity index (χ1n) is 11.1. The Balaban J connectivity index is 1.73. The molecule has 0 radical (unpaired) electrons. The zero-order chi connectivity index (χ0) is 24.2. The summed E-state index contributed by atoms with van der Waals surface area (Å²) in [5.41, 5.74) is 4.53. The molecule has 0 bridgehead atoms. The van der Waals surface area contributed by atoms with E-state index in [0.29, 0.717) is 35.5 Å². The fraction of sp³-hybridized carbons (Fsp3) is 0.222. The third-order valence-corrected chi connectivity index (χ3v) is 5.99. The van der Waals surface area contributed by atoms with Crippen LogP contribution in [0.15, 0.2) is 75.0 Å². The van der Waals surface area contributed by atoms with Gasteiger partial charge < -0.3 is 9.64 Å². The van der Waals surface area contributed by atoms with Crippen LogP contribution in [0.4, 0.5) is 5.69 Å². The molecule has 6 nitrogen and oxygen atoms in total. The standard InChI is InChI=1S/C27H27BrN4O2/c1-5-26-30-24-12-10-21(28)14-23(24)27(33)32(26)29-16-20-9-11-22(31(3)4)15-25(20)34-17-19-8-6-7-18(2)13-19/h6-16H,5,17H2,1-4H3. The van der Waals surface area contributed by atoms with Gasteiger partial charge in [0.2, 0.25) is 0 Å². The van der Waals surface area contributed by atoms with Gasteiger partial charge in [-0.2, -0.15) is 9.78 Å². The van der Waals surface area contributed by atoms with E-state index in [1.165, 1.54) is 10.2 Å². The molecule has 0 atom stereocenters. The van der Waals surface area contributed by atoms with Crippen LogP contribution in [-0.2, 0) is 13.0 Å². The predicted molar refractivity (Wildman–Crippen MR) is 142 cm³/mol. The van der Waals surface area contributed by atoms with Crippen molar-refractivity contribution in [2.45, 2.75) is 26.9 Å². The number of rotatable bonds is 7. The molecule has 0 amide bonds. The van der Waals surface area contributed by atoms with Crippen molar-refractivity contribution in [3.8, 4) is 5.75 Å². The highest BCUT2D eigenvalue weighted by atomic mass is 79.9. The van der Waals surface area contributed by atoms with Crippen LogP contribution in [-0.4, -0.2) is 30.0 Å². The number of nitrogens with zero attached hydrogens (tertiary/aromatic N) is 4. The number of halogens is 1. The third-order valence-electron chi connectivity index (χ3n) is 5.49. The summed E-state index contributed by atoms with van der Waals surface area (Å²) in [4.78, 5) is 19.9. The molecule has 0 N–H and O–H groups in total. The Labute approximate surface area is 207 Å². The maximum absolute atomic E-state index is 13.2. The third kappa shape index (κ3) is 5.20. The van der Waals surface area contributed by atoms with Crippen molar-refractivity contribution in [2.24, 2.45) is 5.10 Å². The van der Waals surface area contributed by atoms with Crippen LogP contribution in [0.3, 0.4) is 0 Å². The molecule has 4 aromatic rings. The Morgan fingerprint density at radius 2 is 1.94 bits per heavy atom. The van der Waals surface area contributed by atoms with Gasteiger partial charge in [-0.25, -0.2) is 4.98 Å². The molecule has 0 spiro atoms. The summed E-state index contributed by atoms with van der Waals surface area (Å²) in [6.07, 6.45) is 2.24. The Morgan fingerprint density at radius 3 is 2.68 bits per heavy atom. The molecule has 34 heavy (non-hydrogen) atoms. The van der Waals surface area contributed by atoms with E-state index in [4.69, 9.17) is 4.74 Å². The van der Waals surface area contributed by atoms with Gasteiger partial charge in [-0.1, -0.05) is 52.7 Å². The zero-order valence-electron chi connectivity index (χ0n) is 19.7. The highest BCUT2D eigenvalue weighted by Crippen LogP contribution is 2.25. The zero-order valence-corrected chi connectivity index (χ0v) is 21.3. The van der Waals surface area contributed by atoms with Gasteiger partial charge in [0.25, 0.3) is 5.56 Å². The summed E-state index contributed by atoms with van der Waals surface area (Å²) in [6.45, 7) is 4.46. The number of ether oxygens (including phenoxy) is 1. The fourth-order valence-electron chi connectivity index (χ4n) is 3.66.